The second-order valence-electron chi connectivity index (χ2n) is 6.91. The van der Waals surface area contributed by atoms with Gasteiger partial charge in [0.15, 0.2) is 16.7 Å². The Balaban J connectivity index is 1.42. The number of aromatic nitrogens is 2. The molecule has 0 unspecified atom stereocenters. The first-order chi connectivity index (χ1) is 15.9. The van der Waals surface area contributed by atoms with Crippen molar-refractivity contribution < 1.29 is 19.1 Å². The van der Waals surface area contributed by atoms with E-state index in [1.807, 2.05) is 0 Å². The molecule has 11 heteroatoms. The van der Waals surface area contributed by atoms with Crippen molar-refractivity contribution in [3.05, 3.63) is 64.4 Å². The number of nitrogens with zero attached hydrogens (tertiary/aromatic N) is 2. The average Bonchev–Trinajstić information content (AvgIpc) is 2.79. The van der Waals surface area contributed by atoms with Crippen LogP contribution in [0.5, 0.6) is 11.5 Å². The van der Waals surface area contributed by atoms with Gasteiger partial charge in [0.05, 0.1) is 16.7 Å². The maximum atomic E-state index is 12.8. The van der Waals surface area contributed by atoms with Crippen LogP contribution in [-0.2, 0) is 11.3 Å². The lowest BCUT2D eigenvalue weighted by Gasteiger charge is -2.19. The number of fused-ring (bicyclic) bond motifs is 2. The number of urea groups is 1. The number of thioether (sulfide) groups is 1. The maximum Gasteiger partial charge on any atom is 0.325 e. The SMILES string of the molecule is C=CCn1c(SCC(=O)NC(=O)Nc2ccc3c(c2)OCCO3)nc2cc(Cl)ccc2c1=O. The van der Waals surface area contributed by atoms with Gasteiger partial charge in [-0.2, -0.15) is 0 Å². The molecule has 0 aliphatic carbocycles. The molecular weight excluding hydrogens is 468 g/mol. The molecule has 0 radical (unpaired) electrons. The quantitative estimate of drug-likeness (QED) is 0.312. The van der Waals surface area contributed by atoms with Crippen LogP contribution >= 0.6 is 23.4 Å². The van der Waals surface area contributed by atoms with Gasteiger partial charge < -0.3 is 14.8 Å². The van der Waals surface area contributed by atoms with Gasteiger partial charge in [-0.05, 0) is 30.3 Å². The van der Waals surface area contributed by atoms with E-state index in [1.165, 1.54) is 4.57 Å². The van der Waals surface area contributed by atoms with E-state index in [9.17, 15) is 14.4 Å². The summed E-state index contributed by atoms with van der Waals surface area (Å²) in [5, 5.41) is 6.00. The van der Waals surface area contributed by atoms with Gasteiger partial charge in [0.25, 0.3) is 5.56 Å². The summed E-state index contributed by atoms with van der Waals surface area (Å²) in [5.74, 6) is 0.420. The van der Waals surface area contributed by atoms with Crippen molar-refractivity contribution in [1.29, 1.82) is 0 Å². The molecule has 33 heavy (non-hydrogen) atoms. The fraction of sp³-hybridized carbons (Fsp3) is 0.182. The van der Waals surface area contributed by atoms with E-state index in [-0.39, 0.29) is 17.9 Å². The number of hydrogen-bond donors (Lipinski definition) is 2. The first kappa shape index (κ1) is 22.7. The Hall–Kier alpha value is -3.50. The Kier molecular flexibility index (Phi) is 6.85. The van der Waals surface area contributed by atoms with Gasteiger partial charge in [-0.15, -0.1) is 6.58 Å². The molecule has 1 aliphatic heterocycles. The smallest absolute Gasteiger partial charge is 0.325 e. The second kappa shape index (κ2) is 9.97. The van der Waals surface area contributed by atoms with Crippen molar-refractivity contribution in [3.63, 3.8) is 0 Å². The van der Waals surface area contributed by atoms with Gasteiger partial charge in [-0.1, -0.05) is 29.4 Å². The van der Waals surface area contributed by atoms with Crippen LogP contribution in [0.2, 0.25) is 5.02 Å². The summed E-state index contributed by atoms with van der Waals surface area (Å²) in [6.45, 7) is 4.77. The van der Waals surface area contributed by atoms with Crippen molar-refractivity contribution in [3.8, 4) is 11.5 Å². The molecule has 0 fully saturated rings. The first-order valence-electron chi connectivity index (χ1n) is 9.89. The van der Waals surface area contributed by atoms with E-state index < -0.39 is 11.9 Å². The van der Waals surface area contributed by atoms with Crippen molar-refractivity contribution in [1.82, 2.24) is 14.9 Å². The fourth-order valence-electron chi connectivity index (χ4n) is 3.15. The highest BCUT2D eigenvalue weighted by Crippen LogP contribution is 2.32. The third-order valence-corrected chi connectivity index (χ3v) is 5.79. The van der Waals surface area contributed by atoms with E-state index in [0.29, 0.717) is 51.5 Å². The van der Waals surface area contributed by atoms with Crippen LogP contribution in [0.4, 0.5) is 10.5 Å². The van der Waals surface area contributed by atoms with Crippen molar-refractivity contribution in [2.24, 2.45) is 0 Å². The number of hydrogen-bond acceptors (Lipinski definition) is 7. The van der Waals surface area contributed by atoms with Crippen molar-refractivity contribution in [2.75, 3.05) is 24.3 Å². The minimum atomic E-state index is -0.695. The number of halogens is 1. The zero-order valence-electron chi connectivity index (χ0n) is 17.3. The van der Waals surface area contributed by atoms with E-state index in [2.05, 4.69) is 22.2 Å². The number of rotatable bonds is 6. The number of ether oxygens (including phenoxy) is 2. The molecule has 2 heterocycles. The number of benzene rings is 2. The molecule has 1 aliphatic rings. The monoisotopic (exact) mass is 486 g/mol. The lowest BCUT2D eigenvalue weighted by Crippen LogP contribution is -2.35. The average molecular weight is 487 g/mol. The molecule has 9 nitrogen and oxygen atoms in total. The highest BCUT2D eigenvalue weighted by Gasteiger charge is 2.16. The zero-order valence-corrected chi connectivity index (χ0v) is 18.9. The number of amides is 3. The van der Waals surface area contributed by atoms with Gasteiger partial charge in [-0.3, -0.25) is 19.5 Å². The molecular formula is C22H19ClN4O5S. The Labute approximate surface area is 197 Å². The predicted octanol–water partition coefficient (Wildman–Crippen LogP) is 3.45. The number of allylic oxidation sites excluding steroid dienone is 1. The summed E-state index contributed by atoms with van der Waals surface area (Å²) in [7, 11) is 0. The standard InChI is InChI=1S/C22H19ClN4O5S/c1-2-7-27-20(29)15-5-3-13(23)10-16(15)25-22(27)33-12-19(28)26-21(30)24-14-4-6-17-18(11-14)32-9-8-31-17/h2-6,10-11H,1,7-9,12H2,(H2,24,26,28,30). The molecule has 0 atom stereocenters. The van der Waals surface area contributed by atoms with Crippen LogP contribution in [0.25, 0.3) is 10.9 Å². The minimum Gasteiger partial charge on any atom is -0.486 e. The maximum absolute atomic E-state index is 12.8. The summed E-state index contributed by atoms with van der Waals surface area (Å²) in [5.41, 5.74) is 0.605. The molecule has 3 amide bonds. The summed E-state index contributed by atoms with van der Waals surface area (Å²) >= 11 is 7.05. The van der Waals surface area contributed by atoms with Gasteiger partial charge in [0.1, 0.15) is 13.2 Å². The molecule has 0 bridgehead atoms. The predicted molar refractivity (Wildman–Crippen MR) is 127 cm³/mol. The summed E-state index contributed by atoms with van der Waals surface area (Å²) in [6.07, 6.45) is 1.57. The number of imide groups is 1. The van der Waals surface area contributed by atoms with E-state index in [0.717, 1.165) is 11.8 Å². The highest BCUT2D eigenvalue weighted by atomic mass is 35.5. The number of carbonyl (C=O) groups excluding carboxylic acids is 2. The van der Waals surface area contributed by atoms with Crippen LogP contribution in [0, 0.1) is 0 Å². The largest absolute Gasteiger partial charge is 0.486 e. The lowest BCUT2D eigenvalue weighted by atomic mass is 10.2. The molecule has 2 N–H and O–H groups in total. The Morgan fingerprint density at radius 1 is 1.18 bits per heavy atom. The molecule has 0 saturated heterocycles. The van der Waals surface area contributed by atoms with Crippen LogP contribution in [0.3, 0.4) is 0 Å². The summed E-state index contributed by atoms with van der Waals surface area (Å²) in [4.78, 5) is 41.8. The van der Waals surface area contributed by atoms with Crippen LogP contribution in [0.1, 0.15) is 0 Å². The van der Waals surface area contributed by atoms with Crippen molar-refractivity contribution >= 4 is 51.9 Å². The molecule has 0 spiro atoms. The van der Waals surface area contributed by atoms with E-state index in [4.69, 9.17) is 21.1 Å². The fourth-order valence-corrected chi connectivity index (χ4v) is 4.13. The van der Waals surface area contributed by atoms with Crippen LogP contribution < -0.4 is 25.7 Å². The first-order valence-corrected chi connectivity index (χ1v) is 11.3. The molecule has 4 rings (SSSR count). The van der Waals surface area contributed by atoms with Gasteiger partial charge in [0.2, 0.25) is 5.91 Å². The number of carbonyl (C=O) groups is 2. The molecule has 170 valence electrons. The van der Waals surface area contributed by atoms with E-state index in [1.54, 1.807) is 42.5 Å². The van der Waals surface area contributed by atoms with Gasteiger partial charge >= 0.3 is 6.03 Å². The third-order valence-electron chi connectivity index (χ3n) is 4.58. The van der Waals surface area contributed by atoms with Crippen LogP contribution in [-0.4, -0.2) is 40.5 Å². The summed E-state index contributed by atoms with van der Waals surface area (Å²) < 4.78 is 12.3. The summed E-state index contributed by atoms with van der Waals surface area (Å²) in [6, 6.07) is 9.05. The number of nitrogens with one attached hydrogen (secondary N) is 2. The topological polar surface area (TPSA) is 112 Å². The Bertz CT molecular complexity index is 1310. The molecule has 3 aromatic rings. The normalized spacial score (nSPS) is 12.3. The van der Waals surface area contributed by atoms with Gasteiger partial charge in [-0.25, -0.2) is 9.78 Å². The number of anilines is 1. The molecule has 0 saturated carbocycles. The third kappa shape index (κ3) is 5.29. The molecule has 1 aromatic heterocycles. The second-order valence-corrected chi connectivity index (χ2v) is 8.29. The highest BCUT2D eigenvalue weighted by molar-refractivity contribution is 7.99. The Morgan fingerprint density at radius 3 is 2.76 bits per heavy atom. The Morgan fingerprint density at radius 2 is 1.97 bits per heavy atom. The van der Waals surface area contributed by atoms with Gasteiger partial charge in [0, 0.05) is 23.3 Å². The lowest BCUT2D eigenvalue weighted by molar-refractivity contribution is -0.117. The minimum absolute atomic E-state index is 0.135. The molecule has 2 aromatic carbocycles. The van der Waals surface area contributed by atoms with Crippen LogP contribution in [0.15, 0.2) is 59.0 Å². The zero-order chi connectivity index (χ0) is 23.4. The van der Waals surface area contributed by atoms with Crippen molar-refractivity contribution in [2.45, 2.75) is 11.7 Å². The van der Waals surface area contributed by atoms with E-state index >= 15 is 0 Å².